The molecule has 1 rings (SSSR count). The third-order valence-corrected chi connectivity index (χ3v) is 3.92. The first-order valence-corrected chi connectivity index (χ1v) is 7.03. The maximum Gasteiger partial charge on any atom is 0.125 e. The first-order chi connectivity index (χ1) is 8.92. The zero-order valence-corrected chi connectivity index (χ0v) is 12.8. The van der Waals surface area contributed by atoms with Crippen molar-refractivity contribution in [3.05, 3.63) is 29.8 Å². The number of hydrogen-bond donors (Lipinski definition) is 1. The number of benzene rings is 1. The number of nitrogens with zero attached hydrogens (tertiary/aromatic N) is 1. The van der Waals surface area contributed by atoms with Gasteiger partial charge in [0, 0.05) is 17.6 Å². The minimum absolute atomic E-state index is 0.0849. The molecule has 0 fully saturated rings. The van der Waals surface area contributed by atoms with Crippen molar-refractivity contribution in [3.63, 3.8) is 0 Å². The van der Waals surface area contributed by atoms with Crippen LogP contribution in [0.3, 0.4) is 0 Å². The van der Waals surface area contributed by atoms with E-state index >= 15 is 0 Å². The van der Waals surface area contributed by atoms with Crippen LogP contribution in [0.5, 0.6) is 5.75 Å². The highest BCUT2D eigenvalue weighted by molar-refractivity contribution is 5.35. The van der Waals surface area contributed by atoms with Crippen molar-refractivity contribution in [2.75, 3.05) is 20.2 Å². The predicted octanol–water partition coefficient (Wildman–Crippen LogP) is 3.24. The third kappa shape index (κ3) is 4.22. The van der Waals surface area contributed by atoms with Gasteiger partial charge >= 0.3 is 0 Å². The van der Waals surface area contributed by atoms with Crippen LogP contribution in [0.4, 0.5) is 0 Å². The molecule has 0 aliphatic rings. The van der Waals surface area contributed by atoms with E-state index in [1.54, 1.807) is 0 Å². The van der Waals surface area contributed by atoms with Crippen molar-refractivity contribution in [1.82, 2.24) is 4.90 Å². The van der Waals surface area contributed by atoms with Crippen LogP contribution >= 0.6 is 0 Å². The molecule has 0 spiro atoms. The highest BCUT2D eigenvalue weighted by Gasteiger charge is 2.24. The smallest absolute Gasteiger partial charge is 0.125 e. The van der Waals surface area contributed by atoms with E-state index in [1.807, 2.05) is 31.2 Å². The Balaban J connectivity index is 2.81. The molecular formula is C16H27NO2. The summed E-state index contributed by atoms with van der Waals surface area (Å²) in [4.78, 5) is 2.19. The molecule has 0 amide bonds. The first kappa shape index (κ1) is 16.0. The number of ether oxygens (including phenoxy) is 1. The van der Waals surface area contributed by atoms with Gasteiger partial charge < -0.3 is 9.84 Å². The van der Waals surface area contributed by atoms with Crippen LogP contribution in [-0.2, 0) is 0 Å². The van der Waals surface area contributed by atoms with Crippen LogP contribution in [0, 0.1) is 0 Å². The minimum Gasteiger partial charge on any atom is -0.493 e. The molecule has 108 valence electrons. The quantitative estimate of drug-likeness (QED) is 0.821. The van der Waals surface area contributed by atoms with Crippen LogP contribution < -0.4 is 4.74 Å². The summed E-state index contributed by atoms with van der Waals surface area (Å²) in [5.74, 6) is 0.778. The summed E-state index contributed by atoms with van der Waals surface area (Å²) < 4.78 is 5.57. The molecule has 3 nitrogen and oxygen atoms in total. The van der Waals surface area contributed by atoms with Gasteiger partial charge in [-0.1, -0.05) is 25.1 Å². The molecule has 0 bridgehead atoms. The van der Waals surface area contributed by atoms with Crippen LogP contribution in [0.15, 0.2) is 24.3 Å². The average Bonchev–Trinajstić information content (AvgIpc) is 2.39. The number of aliphatic hydroxyl groups is 1. The second-order valence-corrected chi connectivity index (χ2v) is 5.53. The molecule has 1 aromatic carbocycles. The van der Waals surface area contributed by atoms with E-state index < -0.39 is 6.10 Å². The molecule has 1 N–H and O–H groups in total. The molecule has 1 unspecified atom stereocenters. The predicted molar refractivity (Wildman–Crippen MR) is 79.6 cm³/mol. The maximum atomic E-state index is 10.4. The van der Waals surface area contributed by atoms with E-state index in [9.17, 15) is 5.11 Å². The number of rotatable bonds is 7. The lowest BCUT2D eigenvalue weighted by molar-refractivity contribution is 0.0670. The van der Waals surface area contributed by atoms with Crippen molar-refractivity contribution >= 4 is 0 Å². The Bertz CT molecular complexity index is 390. The topological polar surface area (TPSA) is 32.7 Å². The largest absolute Gasteiger partial charge is 0.493 e. The lowest BCUT2D eigenvalue weighted by atomic mass is 9.98. The Morgan fingerprint density at radius 3 is 2.47 bits per heavy atom. The lowest BCUT2D eigenvalue weighted by Crippen LogP contribution is -2.42. The van der Waals surface area contributed by atoms with E-state index in [4.69, 9.17) is 4.74 Å². The van der Waals surface area contributed by atoms with Gasteiger partial charge in [0.05, 0.1) is 12.7 Å². The molecule has 19 heavy (non-hydrogen) atoms. The molecule has 0 aliphatic carbocycles. The van der Waals surface area contributed by atoms with Gasteiger partial charge in [0.2, 0.25) is 0 Å². The number of para-hydroxylation sites is 1. The van der Waals surface area contributed by atoms with E-state index in [2.05, 4.69) is 32.7 Å². The standard InChI is InChI=1S/C16H27NO2/c1-6-16(3,4)17(5)12-14(18)13-10-8-9-11-15(13)19-7-2/h8-11,14,18H,6-7,12H2,1-5H3. The summed E-state index contributed by atoms with van der Waals surface area (Å²) in [5, 5.41) is 10.4. The number of likely N-dealkylation sites (N-methyl/N-ethyl adjacent to an activating group) is 1. The molecule has 0 aliphatic heterocycles. The third-order valence-electron chi connectivity index (χ3n) is 3.92. The fraction of sp³-hybridized carbons (Fsp3) is 0.625. The highest BCUT2D eigenvalue weighted by atomic mass is 16.5. The summed E-state index contributed by atoms with van der Waals surface area (Å²) in [6.45, 7) is 9.71. The van der Waals surface area contributed by atoms with E-state index in [1.165, 1.54) is 0 Å². The Labute approximate surface area is 117 Å². The Morgan fingerprint density at radius 1 is 1.26 bits per heavy atom. The van der Waals surface area contributed by atoms with Crippen LogP contribution in [0.1, 0.15) is 45.8 Å². The summed E-state index contributed by atoms with van der Waals surface area (Å²) >= 11 is 0. The zero-order valence-electron chi connectivity index (χ0n) is 12.8. The van der Waals surface area contributed by atoms with Crippen molar-refractivity contribution in [3.8, 4) is 5.75 Å². The van der Waals surface area contributed by atoms with Gasteiger partial charge in [0.1, 0.15) is 5.75 Å². The summed E-state index contributed by atoms with van der Waals surface area (Å²) in [6, 6.07) is 7.71. The summed E-state index contributed by atoms with van der Waals surface area (Å²) in [6.07, 6.45) is 0.516. The Hall–Kier alpha value is -1.06. The van der Waals surface area contributed by atoms with Gasteiger partial charge in [0.25, 0.3) is 0 Å². The van der Waals surface area contributed by atoms with Gasteiger partial charge in [-0.15, -0.1) is 0 Å². The molecule has 0 aromatic heterocycles. The lowest BCUT2D eigenvalue weighted by Gasteiger charge is -2.36. The Kier molecular flexibility index (Phi) is 5.83. The average molecular weight is 265 g/mol. The summed E-state index contributed by atoms with van der Waals surface area (Å²) in [7, 11) is 2.05. The first-order valence-electron chi connectivity index (χ1n) is 7.03. The molecule has 1 aromatic rings. The molecule has 0 saturated heterocycles. The van der Waals surface area contributed by atoms with Gasteiger partial charge in [-0.2, -0.15) is 0 Å². The number of aliphatic hydroxyl groups excluding tert-OH is 1. The van der Waals surface area contributed by atoms with Gasteiger partial charge in [-0.05, 0) is 40.3 Å². The molecule has 1 atom stereocenters. The second kappa shape index (κ2) is 6.92. The van der Waals surface area contributed by atoms with Crippen molar-refractivity contribution in [1.29, 1.82) is 0 Å². The van der Waals surface area contributed by atoms with Crippen LogP contribution in [0.25, 0.3) is 0 Å². The second-order valence-electron chi connectivity index (χ2n) is 5.53. The van der Waals surface area contributed by atoms with Crippen molar-refractivity contribution in [2.45, 2.75) is 45.8 Å². The van der Waals surface area contributed by atoms with E-state index in [0.717, 1.165) is 17.7 Å². The number of β-amino-alcohol motifs (C(OH)–C–C–N with tert-alkyl or cyclic N) is 1. The fourth-order valence-corrected chi connectivity index (χ4v) is 1.92. The normalized spacial score (nSPS) is 13.6. The van der Waals surface area contributed by atoms with E-state index in [0.29, 0.717) is 13.2 Å². The molecular weight excluding hydrogens is 238 g/mol. The van der Waals surface area contributed by atoms with Gasteiger partial charge in [-0.3, -0.25) is 4.90 Å². The summed E-state index contributed by atoms with van der Waals surface area (Å²) in [5.41, 5.74) is 0.949. The Morgan fingerprint density at radius 2 is 1.89 bits per heavy atom. The highest BCUT2D eigenvalue weighted by Crippen LogP contribution is 2.27. The zero-order chi connectivity index (χ0) is 14.5. The molecule has 3 heteroatoms. The van der Waals surface area contributed by atoms with Crippen LogP contribution in [-0.4, -0.2) is 35.7 Å². The number of hydrogen-bond acceptors (Lipinski definition) is 3. The van der Waals surface area contributed by atoms with Gasteiger partial charge in [-0.25, -0.2) is 0 Å². The SMILES string of the molecule is CCOc1ccccc1C(O)CN(C)C(C)(C)CC. The monoisotopic (exact) mass is 265 g/mol. The van der Waals surface area contributed by atoms with Crippen molar-refractivity contribution in [2.24, 2.45) is 0 Å². The molecule has 0 heterocycles. The molecule has 0 radical (unpaired) electrons. The van der Waals surface area contributed by atoms with Crippen molar-refractivity contribution < 1.29 is 9.84 Å². The van der Waals surface area contributed by atoms with Gasteiger partial charge in [0.15, 0.2) is 0 Å². The fourth-order valence-electron chi connectivity index (χ4n) is 1.92. The minimum atomic E-state index is -0.529. The molecule has 0 saturated carbocycles. The maximum absolute atomic E-state index is 10.4. The van der Waals surface area contributed by atoms with E-state index in [-0.39, 0.29) is 5.54 Å². The van der Waals surface area contributed by atoms with Crippen LogP contribution in [0.2, 0.25) is 0 Å².